The first-order valence-electron chi connectivity index (χ1n) is 10.2. The Kier molecular flexibility index (Phi) is 7.89. The monoisotopic (exact) mass is 417 g/mol. The zero-order chi connectivity index (χ0) is 19.9. The van der Waals surface area contributed by atoms with Crippen LogP contribution in [0, 0.1) is 5.92 Å². The quantitative estimate of drug-likeness (QED) is 0.490. The summed E-state index contributed by atoms with van der Waals surface area (Å²) in [5.74, 6) is 0.394. The fourth-order valence-electron chi connectivity index (χ4n) is 3.72. The number of hydrogen-bond donors (Lipinski definition) is 0. The van der Waals surface area contributed by atoms with Gasteiger partial charge in [0.05, 0.1) is 6.26 Å². The molecule has 3 heteroatoms. The Balaban J connectivity index is 0.00000256. The molecule has 0 spiro atoms. The Morgan fingerprint density at radius 2 is 1.63 bits per heavy atom. The highest BCUT2D eigenvalue weighted by atomic mass is 35.5. The molecular weight excluding hydrogens is 390 g/mol. The number of rotatable bonds is 7. The van der Waals surface area contributed by atoms with E-state index in [1.165, 1.54) is 22.3 Å². The van der Waals surface area contributed by atoms with E-state index >= 15 is 0 Å². The van der Waals surface area contributed by atoms with Gasteiger partial charge in [-0.3, -0.25) is 4.90 Å². The van der Waals surface area contributed by atoms with Gasteiger partial charge in [0.25, 0.3) is 0 Å². The number of fused-ring (bicyclic) bond motifs is 1. The van der Waals surface area contributed by atoms with E-state index < -0.39 is 0 Å². The molecule has 0 radical (unpaired) electrons. The second-order valence-electron chi connectivity index (χ2n) is 7.56. The number of ether oxygens (including phenoxy) is 1. The highest BCUT2D eigenvalue weighted by Crippen LogP contribution is 2.30. The Labute approximate surface area is 186 Å². The molecule has 2 nitrogen and oxygen atoms in total. The van der Waals surface area contributed by atoms with Crippen LogP contribution in [0.15, 0.2) is 109 Å². The maximum absolute atomic E-state index is 5.74. The normalized spacial score (nSPS) is 19.7. The van der Waals surface area contributed by atoms with E-state index in [4.69, 9.17) is 4.74 Å². The molecule has 0 N–H and O–H groups in total. The molecule has 1 aliphatic heterocycles. The molecule has 2 aliphatic rings. The lowest BCUT2D eigenvalue weighted by Gasteiger charge is -2.20. The van der Waals surface area contributed by atoms with Crippen LogP contribution in [0.1, 0.15) is 5.56 Å². The molecule has 154 valence electrons. The molecule has 2 atom stereocenters. The van der Waals surface area contributed by atoms with Crippen molar-refractivity contribution in [3.8, 4) is 11.1 Å². The molecule has 2 aromatic rings. The van der Waals surface area contributed by atoms with Crippen molar-refractivity contribution in [1.29, 1.82) is 0 Å². The molecule has 4 rings (SSSR count). The van der Waals surface area contributed by atoms with Crippen molar-refractivity contribution in [3.05, 3.63) is 115 Å². The summed E-state index contributed by atoms with van der Waals surface area (Å²) in [6, 6.07) is 19.1. The fourth-order valence-corrected chi connectivity index (χ4v) is 3.72. The third-order valence-corrected chi connectivity index (χ3v) is 5.31. The number of likely N-dealkylation sites (N-methyl/N-ethyl adjacent to an activating group) is 1. The fraction of sp³-hybridized carbons (Fsp3) is 0.185. The standard InChI is InChI=1S/C27H27NO.ClH/c1-28(20-25-21-29-27-14-8-7-13-26(25)27)19-9-3-4-10-22-15-17-24(18-16-22)23-11-5-2-6-12-23;/h2-18,21,26-27H,19-20H2,1H3;1H/b9-3+,10-4+;. The molecular formula is C27H28ClNO. The third-order valence-electron chi connectivity index (χ3n) is 5.31. The first kappa shape index (κ1) is 21.9. The largest absolute Gasteiger partial charge is 0.493 e. The Morgan fingerprint density at radius 1 is 0.900 bits per heavy atom. The van der Waals surface area contributed by atoms with Gasteiger partial charge in [-0.2, -0.15) is 0 Å². The molecule has 1 aliphatic carbocycles. The number of allylic oxidation sites excluding steroid dienone is 4. The van der Waals surface area contributed by atoms with Gasteiger partial charge in [-0.05, 0) is 35.4 Å². The van der Waals surface area contributed by atoms with Crippen molar-refractivity contribution in [2.24, 2.45) is 5.92 Å². The highest BCUT2D eigenvalue weighted by Gasteiger charge is 2.29. The van der Waals surface area contributed by atoms with E-state index in [9.17, 15) is 0 Å². The van der Waals surface area contributed by atoms with Crippen molar-refractivity contribution in [2.75, 3.05) is 20.1 Å². The van der Waals surface area contributed by atoms with E-state index in [0.717, 1.165) is 13.1 Å². The smallest absolute Gasteiger partial charge is 0.126 e. The first-order chi connectivity index (χ1) is 14.3. The topological polar surface area (TPSA) is 12.5 Å². The van der Waals surface area contributed by atoms with Crippen molar-refractivity contribution < 1.29 is 4.74 Å². The van der Waals surface area contributed by atoms with Gasteiger partial charge >= 0.3 is 0 Å². The van der Waals surface area contributed by atoms with E-state index in [1.807, 2.05) is 12.3 Å². The van der Waals surface area contributed by atoms with Crippen LogP contribution in [0.25, 0.3) is 17.2 Å². The molecule has 0 saturated carbocycles. The second-order valence-corrected chi connectivity index (χ2v) is 7.56. The lowest BCUT2D eigenvalue weighted by atomic mass is 9.92. The Morgan fingerprint density at radius 3 is 2.43 bits per heavy atom. The minimum Gasteiger partial charge on any atom is -0.493 e. The third kappa shape index (κ3) is 5.63. The van der Waals surface area contributed by atoms with Crippen LogP contribution >= 0.6 is 12.4 Å². The van der Waals surface area contributed by atoms with Gasteiger partial charge < -0.3 is 4.74 Å². The Bertz CT molecular complexity index is 954. The summed E-state index contributed by atoms with van der Waals surface area (Å²) < 4.78 is 5.74. The molecule has 0 bridgehead atoms. The molecule has 2 aromatic carbocycles. The summed E-state index contributed by atoms with van der Waals surface area (Å²) >= 11 is 0. The maximum atomic E-state index is 5.74. The average molecular weight is 418 g/mol. The minimum absolute atomic E-state index is 0. The van der Waals surface area contributed by atoms with Crippen molar-refractivity contribution in [1.82, 2.24) is 4.90 Å². The van der Waals surface area contributed by atoms with Gasteiger partial charge in [-0.25, -0.2) is 0 Å². The summed E-state index contributed by atoms with van der Waals surface area (Å²) in [4.78, 5) is 2.31. The van der Waals surface area contributed by atoms with Crippen molar-refractivity contribution in [2.45, 2.75) is 6.10 Å². The predicted octanol–water partition coefficient (Wildman–Crippen LogP) is 6.30. The van der Waals surface area contributed by atoms with E-state index in [2.05, 4.69) is 109 Å². The lowest BCUT2D eigenvalue weighted by Crippen LogP contribution is -2.25. The highest BCUT2D eigenvalue weighted by molar-refractivity contribution is 5.85. The number of hydrogen-bond acceptors (Lipinski definition) is 2. The summed E-state index contributed by atoms with van der Waals surface area (Å²) in [6.45, 7) is 1.83. The predicted molar refractivity (Wildman–Crippen MR) is 130 cm³/mol. The molecule has 0 amide bonds. The van der Waals surface area contributed by atoms with E-state index in [1.54, 1.807) is 0 Å². The molecule has 30 heavy (non-hydrogen) atoms. The Hall–Kier alpha value is -2.81. The van der Waals surface area contributed by atoms with E-state index in [0.29, 0.717) is 5.92 Å². The van der Waals surface area contributed by atoms with Crippen molar-refractivity contribution in [3.63, 3.8) is 0 Å². The van der Waals surface area contributed by atoms with Crippen LogP contribution in [0.3, 0.4) is 0 Å². The summed E-state index contributed by atoms with van der Waals surface area (Å²) in [6.07, 6.45) is 19.2. The van der Waals surface area contributed by atoms with Gasteiger partial charge in [0.1, 0.15) is 6.10 Å². The maximum Gasteiger partial charge on any atom is 0.126 e. The van der Waals surface area contributed by atoms with Gasteiger partial charge in [0, 0.05) is 19.0 Å². The van der Waals surface area contributed by atoms with Gasteiger partial charge in [0.2, 0.25) is 0 Å². The second kappa shape index (κ2) is 10.8. The summed E-state index contributed by atoms with van der Waals surface area (Å²) in [5.41, 5.74) is 5.05. The molecule has 0 saturated heterocycles. The van der Waals surface area contributed by atoms with Crippen LogP contribution in [0.2, 0.25) is 0 Å². The van der Waals surface area contributed by atoms with Crippen LogP contribution in [0.5, 0.6) is 0 Å². The van der Waals surface area contributed by atoms with Crippen LogP contribution < -0.4 is 0 Å². The number of benzene rings is 2. The zero-order valence-electron chi connectivity index (χ0n) is 17.2. The molecule has 0 fully saturated rings. The minimum atomic E-state index is 0. The van der Waals surface area contributed by atoms with Gasteiger partial charge in [-0.1, -0.05) is 97.1 Å². The molecule has 0 aromatic heterocycles. The first-order valence-corrected chi connectivity index (χ1v) is 10.2. The van der Waals surface area contributed by atoms with Crippen LogP contribution in [-0.2, 0) is 4.74 Å². The average Bonchev–Trinajstić information content (AvgIpc) is 3.17. The molecule has 2 unspecified atom stereocenters. The number of nitrogens with zero attached hydrogens (tertiary/aromatic N) is 1. The van der Waals surface area contributed by atoms with Crippen LogP contribution in [0.4, 0.5) is 0 Å². The summed E-state index contributed by atoms with van der Waals surface area (Å²) in [5, 5.41) is 0. The van der Waals surface area contributed by atoms with E-state index in [-0.39, 0.29) is 18.5 Å². The SMILES string of the molecule is CN(C/C=C/C=C/c1ccc(-c2ccccc2)cc1)CC1=COC2C=CC=CC12.Cl. The lowest BCUT2D eigenvalue weighted by molar-refractivity contribution is 0.191. The summed E-state index contributed by atoms with van der Waals surface area (Å²) in [7, 11) is 2.15. The molecule has 1 heterocycles. The van der Waals surface area contributed by atoms with Crippen molar-refractivity contribution >= 4 is 18.5 Å². The number of halogens is 1. The van der Waals surface area contributed by atoms with Gasteiger partial charge in [0.15, 0.2) is 0 Å². The van der Waals surface area contributed by atoms with Gasteiger partial charge in [-0.15, -0.1) is 12.4 Å². The van der Waals surface area contributed by atoms with Crippen LogP contribution in [-0.4, -0.2) is 31.1 Å². The zero-order valence-corrected chi connectivity index (χ0v) is 18.0.